The Hall–Kier alpha value is -3.26. The molecule has 1 saturated carbocycles. The Morgan fingerprint density at radius 1 is 1.13 bits per heavy atom. The van der Waals surface area contributed by atoms with Crippen molar-refractivity contribution in [2.45, 2.75) is 70.5 Å². The standard InChI is InChI=1S/C31H39BN2O5/c1-5-23-16-24-17-26-19-31(23,24)39-32(38-26)28(14-20(2)3)34-29(35)18-27(22-12-9-13-25(15-22)37-4)33-30(36)21-10-7-6-8-11-21/h6-13,15,19-20,23-24,27-28H,5,14,16-18H2,1-4H3,(H,33,36)(H,34,35)/t23?,24?,27?,28-,31-/m0/s1. The first-order valence-corrected chi connectivity index (χ1v) is 14.2. The predicted molar refractivity (Wildman–Crippen MR) is 151 cm³/mol. The maximum absolute atomic E-state index is 13.6. The van der Waals surface area contributed by atoms with Gasteiger partial charge < -0.3 is 24.7 Å². The highest BCUT2D eigenvalue weighted by atomic mass is 16.6. The number of allylic oxidation sites excluding steroid dienone is 1. The van der Waals surface area contributed by atoms with Crippen molar-refractivity contribution in [1.82, 2.24) is 10.6 Å². The van der Waals surface area contributed by atoms with Gasteiger partial charge in [0.25, 0.3) is 5.91 Å². The molecule has 0 aromatic heterocycles. The van der Waals surface area contributed by atoms with Crippen LogP contribution >= 0.6 is 0 Å². The third kappa shape index (κ3) is 5.71. The summed E-state index contributed by atoms with van der Waals surface area (Å²) in [4.78, 5) is 26.6. The van der Waals surface area contributed by atoms with Crippen molar-refractivity contribution in [3.05, 3.63) is 77.6 Å². The van der Waals surface area contributed by atoms with E-state index in [2.05, 4.69) is 37.5 Å². The van der Waals surface area contributed by atoms with Gasteiger partial charge >= 0.3 is 7.12 Å². The lowest BCUT2D eigenvalue weighted by atomic mass is 9.59. The molecule has 3 aliphatic rings. The van der Waals surface area contributed by atoms with Gasteiger partial charge in [0.15, 0.2) is 0 Å². The van der Waals surface area contributed by atoms with Crippen LogP contribution in [0, 0.1) is 17.8 Å². The van der Waals surface area contributed by atoms with Crippen LogP contribution in [0.3, 0.4) is 0 Å². The van der Waals surface area contributed by atoms with Gasteiger partial charge in [0.1, 0.15) is 5.75 Å². The number of carbonyl (C=O) groups is 2. The Balaban J connectivity index is 1.33. The Morgan fingerprint density at radius 3 is 2.64 bits per heavy atom. The molecule has 2 bridgehead atoms. The molecule has 8 heteroatoms. The molecule has 1 aliphatic heterocycles. The average Bonchev–Trinajstić information content (AvgIpc) is 3.13. The second kappa shape index (κ2) is 11.5. The molecule has 3 unspecified atom stereocenters. The van der Waals surface area contributed by atoms with E-state index in [1.807, 2.05) is 42.5 Å². The van der Waals surface area contributed by atoms with Crippen molar-refractivity contribution in [2.24, 2.45) is 17.8 Å². The second-order valence-corrected chi connectivity index (χ2v) is 11.5. The minimum Gasteiger partial charge on any atom is -0.538 e. The van der Waals surface area contributed by atoms with Crippen molar-refractivity contribution < 1.29 is 23.6 Å². The molecule has 2 aromatic carbocycles. The lowest BCUT2D eigenvalue weighted by Gasteiger charge is -2.52. The summed E-state index contributed by atoms with van der Waals surface area (Å²) in [5.74, 6) is 2.26. The monoisotopic (exact) mass is 530 g/mol. The fourth-order valence-electron chi connectivity index (χ4n) is 6.39. The molecule has 2 amide bonds. The van der Waals surface area contributed by atoms with Crippen LogP contribution in [-0.2, 0) is 14.1 Å². The normalized spacial score (nSPS) is 24.5. The Bertz CT molecular complexity index is 1220. The topological polar surface area (TPSA) is 85.9 Å². The van der Waals surface area contributed by atoms with Crippen LogP contribution in [0.5, 0.6) is 5.75 Å². The third-order valence-corrected chi connectivity index (χ3v) is 8.39. The summed E-state index contributed by atoms with van der Waals surface area (Å²) in [5, 5.41) is 6.28. The van der Waals surface area contributed by atoms with Crippen LogP contribution in [0.15, 0.2) is 66.4 Å². The number of hydrogen-bond donors (Lipinski definition) is 2. The first-order chi connectivity index (χ1) is 18.8. The number of amides is 2. The van der Waals surface area contributed by atoms with Crippen molar-refractivity contribution in [3.8, 4) is 5.75 Å². The van der Waals surface area contributed by atoms with Gasteiger partial charge in [-0.15, -0.1) is 0 Å². The zero-order chi connectivity index (χ0) is 27.6. The fourth-order valence-corrected chi connectivity index (χ4v) is 6.39. The van der Waals surface area contributed by atoms with Gasteiger partial charge in [0, 0.05) is 12.0 Å². The Labute approximate surface area is 231 Å². The van der Waals surface area contributed by atoms with E-state index in [1.54, 1.807) is 19.2 Å². The highest BCUT2D eigenvalue weighted by molar-refractivity contribution is 6.47. The summed E-state index contributed by atoms with van der Waals surface area (Å²) in [7, 11) is 1.08. The molecule has 1 spiro atoms. The summed E-state index contributed by atoms with van der Waals surface area (Å²) in [6, 6.07) is 15.9. The van der Waals surface area contributed by atoms with Gasteiger partial charge in [-0.3, -0.25) is 9.59 Å². The molecule has 5 rings (SSSR count). The van der Waals surface area contributed by atoms with E-state index in [1.165, 1.54) is 0 Å². The summed E-state index contributed by atoms with van der Waals surface area (Å²) in [6.07, 6.45) is 6.13. The van der Waals surface area contributed by atoms with Gasteiger partial charge in [-0.1, -0.05) is 57.5 Å². The number of hydrogen-bond acceptors (Lipinski definition) is 5. The average molecular weight is 530 g/mol. The third-order valence-electron chi connectivity index (χ3n) is 8.39. The van der Waals surface area contributed by atoms with Crippen LogP contribution in [0.2, 0.25) is 0 Å². The van der Waals surface area contributed by atoms with E-state index in [0.29, 0.717) is 29.1 Å². The molecule has 2 N–H and O–H groups in total. The number of carbonyl (C=O) groups excluding carboxylic acids is 2. The molecule has 2 aromatic rings. The largest absolute Gasteiger partial charge is 0.549 e. The van der Waals surface area contributed by atoms with Crippen molar-refractivity contribution >= 4 is 18.9 Å². The first kappa shape index (κ1) is 27.3. The van der Waals surface area contributed by atoms with Gasteiger partial charge in [-0.25, -0.2) is 0 Å². The highest BCUT2D eigenvalue weighted by Crippen LogP contribution is 2.59. The minimum absolute atomic E-state index is 0.0705. The molecule has 2 aliphatic carbocycles. The number of ether oxygens (including phenoxy) is 1. The Morgan fingerprint density at radius 2 is 1.92 bits per heavy atom. The van der Waals surface area contributed by atoms with E-state index in [9.17, 15) is 9.59 Å². The van der Waals surface area contributed by atoms with Gasteiger partial charge in [0.05, 0.1) is 36.9 Å². The maximum atomic E-state index is 13.6. The van der Waals surface area contributed by atoms with Crippen molar-refractivity contribution in [3.63, 3.8) is 0 Å². The second-order valence-electron chi connectivity index (χ2n) is 11.5. The quantitative estimate of drug-likeness (QED) is 0.389. The summed E-state index contributed by atoms with van der Waals surface area (Å²) in [6.45, 7) is 6.48. The SMILES string of the molecule is CCC1CC2CC3=C[C@]12OB([C@H](CC(C)C)NC(=O)CC(NC(=O)c1ccccc1)c1cccc(OC)c1)O3. The molecule has 5 atom stereocenters. The summed E-state index contributed by atoms with van der Waals surface area (Å²) < 4.78 is 18.4. The van der Waals surface area contributed by atoms with Crippen LogP contribution in [0.1, 0.15) is 74.8 Å². The molecule has 1 heterocycles. The van der Waals surface area contributed by atoms with Gasteiger partial charge in [0.2, 0.25) is 5.91 Å². The molecule has 0 radical (unpaired) electrons. The molecule has 0 saturated heterocycles. The van der Waals surface area contributed by atoms with E-state index < -0.39 is 13.2 Å². The number of benzene rings is 2. The smallest absolute Gasteiger partial charge is 0.538 e. The van der Waals surface area contributed by atoms with E-state index in [0.717, 1.165) is 37.0 Å². The minimum atomic E-state index is -0.543. The summed E-state index contributed by atoms with van der Waals surface area (Å²) >= 11 is 0. The van der Waals surface area contributed by atoms with Crippen molar-refractivity contribution in [2.75, 3.05) is 7.11 Å². The highest BCUT2D eigenvalue weighted by Gasteiger charge is 2.62. The molecule has 39 heavy (non-hydrogen) atoms. The fraction of sp³-hybridized carbons (Fsp3) is 0.484. The zero-order valence-corrected chi connectivity index (χ0v) is 23.3. The first-order valence-electron chi connectivity index (χ1n) is 14.2. The molecule has 1 fully saturated rings. The predicted octanol–water partition coefficient (Wildman–Crippen LogP) is 5.23. The molecular formula is C31H39BN2O5. The van der Waals surface area contributed by atoms with E-state index in [4.69, 9.17) is 14.0 Å². The lowest BCUT2D eigenvalue weighted by Crippen LogP contribution is -2.61. The summed E-state index contributed by atoms with van der Waals surface area (Å²) in [5.41, 5.74) is 1.08. The Kier molecular flexibility index (Phi) is 8.03. The maximum Gasteiger partial charge on any atom is 0.549 e. The number of methoxy groups -OCH3 is 1. The van der Waals surface area contributed by atoms with Crippen LogP contribution in [-0.4, -0.2) is 37.6 Å². The zero-order valence-electron chi connectivity index (χ0n) is 23.3. The van der Waals surface area contributed by atoms with Gasteiger partial charge in [-0.05, 0) is 66.5 Å². The van der Waals surface area contributed by atoms with Crippen molar-refractivity contribution in [1.29, 1.82) is 0 Å². The van der Waals surface area contributed by atoms with E-state index >= 15 is 0 Å². The molecule has 7 nitrogen and oxygen atoms in total. The van der Waals surface area contributed by atoms with Crippen LogP contribution < -0.4 is 15.4 Å². The van der Waals surface area contributed by atoms with Crippen LogP contribution in [0.25, 0.3) is 0 Å². The molecular weight excluding hydrogens is 491 g/mol. The lowest BCUT2D eigenvalue weighted by molar-refractivity contribution is -0.122. The molecule has 206 valence electrons. The van der Waals surface area contributed by atoms with E-state index in [-0.39, 0.29) is 29.8 Å². The number of nitrogens with one attached hydrogen (secondary N) is 2. The van der Waals surface area contributed by atoms with Gasteiger partial charge in [-0.2, -0.15) is 0 Å². The number of rotatable bonds is 11. The van der Waals surface area contributed by atoms with Crippen LogP contribution in [0.4, 0.5) is 0 Å².